The molecule has 0 aromatic rings. The average molecular weight is 242 g/mol. The Bertz CT molecular complexity index is 277. The second-order valence-corrected chi connectivity index (χ2v) is 4.60. The molecule has 1 atom stereocenters. The molecule has 0 aliphatic heterocycles. The van der Waals surface area contributed by atoms with Gasteiger partial charge in [0.1, 0.15) is 6.54 Å². The van der Waals surface area contributed by atoms with Crippen molar-refractivity contribution in [2.45, 2.75) is 58.0 Å². The Morgan fingerprint density at radius 2 is 2.06 bits per heavy atom. The zero-order valence-corrected chi connectivity index (χ0v) is 10.6. The highest BCUT2D eigenvalue weighted by atomic mass is 16.4. The SMILES string of the molecule is CCCC(CC)NC(=O)N(CC(=O)O)C1CC1. The molecule has 0 heterocycles. The summed E-state index contributed by atoms with van der Waals surface area (Å²) in [5.74, 6) is -0.949. The van der Waals surface area contributed by atoms with Gasteiger partial charge in [-0.2, -0.15) is 0 Å². The molecular weight excluding hydrogens is 220 g/mol. The molecule has 1 aliphatic rings. The fraction of sp³-hybridized carbons (Fsp3) is 0.833. The van der Waals surface area contributed by atoms with Crippen molar-refractivity contribution in [2.24, 2.45) is 0 Å². The van der Waals surface area contributed by atoms with Gasteiger partial charge in [0, 0.05) is 12.1 Å². The molecular formula is C12H22N2O3. The molecule has 1 saturated carbocycles. The third kappa shape index (κ3) is 4.63. The van der Waals surface area contributed by atoms with E-state index in [1.165, 1.54) is 4.90 Å². The topological polar surface area (TPSA) is 69.6 Å². The molecule has 0 radical (unpaired) electrons. The highest BCUT2D eigenvalue weighted by Crippen LogP contribution is 2.26. The quantitative estimate of drug-likeness (QED) is 0.715. The normalized spacial score (nSPS) is 16.4. The van der Waals surface area contributed by atoms with E-state index in [9.17, 15) is 9.59 Å². The van der Waals surface area contributed by atoms with Crippen LogP contribution in [0.1, 0.15) is 46.0 Å². The Kier molecular flexibility index (Phi) is 5.25. The first-order valence-electron chi connectivity index (χ1n) is 6.37. The molecule has 0 saturated heterocycles. The summed E-state index contributed by atoms with van der Waals surface area (Å²) in [7, 11) is 0. The summed E-state index contributed by atoms with van der Waals surface area (Å²) in [6.45, 7) is 3.91. The highest BCUT2D eigenvalue weighted by molar-refractivity contribution is 5.80. The first kappa shape index (κ1) is 13.8. The van der Waals surface area contributed by atoms with Crippen molar-refractivity contribution in [2.75, 3.05) is 6.54 Å². The molecule has 0 bridgehead atoms. The lowest BCUT2D eigenvalue weighted by atomic mass is 10.1. The molecule has 1 unspecified atom stereocenters. The summed E-state index contributed by atoms with van der Waals surface area (Å²) in [4.78, 5) is 24.1. The summed E-state index contributed by atoms with van der Waals surface area (Å²) >= 11 is 0. The van der Waals surface area contributed by atoms with Gasteiger partial charge in [-0.15, -0.1) is 0 Å². The number of nitrogens with one attached hydrogen (secondary N) is 1. The lowest BCUT2D eigenvalue weighted by molar-refractivity contribution is -0.137. The second-order valence-electron chi connectivity index (χ2n) is 4.60. The number of amides is 2. The molecule has 17 heavy (non-hydrogen) atoms. The Morgan fingerprint density at radius 1 is 1.41 bits per heavy atom. The fourth-order valence-corrected chi connectivity index (χ4v) is 1.88. The minimum absolute atomic E-state index is 0.130. The van der Waals surface area contributed by atoms with Crippen LogP contribution in [0.5, 0.6) is 0 Å². The molecule has 5 heteroatoms. The van der Waals surface area contributed by atoms with Crippen LogP contribution in [0, 0.1) is 0 Å². The predicted octanol–water partition coefficient (Wildman–Crippen LogP) is 1.82. The van der Waals surface area contributed by atoms with E-state index in [-0.39, 0.29) is 24.7 Å². The highest BCUT2D eigenvalue weighted by Gasteiger charge is 2.34. The number of aliphatic carboxylic acids is 1. The van der Waals surface area contributed by atoms with Crippen LogP contribution < -0.4 is 5.32 Å². The van der Waals surface area contributed by atoms with Gasteiger partial charge in [-0.1, -0.05) is 20.3 Å². The maximum atomic E-state index is 12.0. The van der Waals surface area contributed by atoms with E-state index >= 15 is 0 Å². The third-order valence-electron chi connectivity index (χ3n) is 3.01. The van der Waals surface area contributed by atoms with Crippen LogP contribution in [-0.2, 0) is 4.79 Å². The molecule has 2 N–H and O–H groups in total. The van der Waals surface area contributed by atoms with Crippen LogP contribution in [-0.4, -0.2) is 40.6 Å². The van der Waals surface area contributed by atoms with Crippen molar-refractivity contribution < 1.29 is 14.7 Å². The third-order valence-corrected chi connectivity index (χ3v) is 3.01. The van der Waals surface area contributed by atoms with Gasteiger partial charge in [-0.3, -0.25) is 4.79 Å². The van der Waals surface area contributed by atoms with Gasteiger partial charge < -0.3 is 15.3 Å². The van der Waals surface area contributed by atoms with Crippen LogP contribution in [0.15, 0.2) is 0 Å². The zero-order chi connectivity index (χ0) is 12.8. The van der Waals surface area contributed by atoms with Gasteiger partial charge >= 0.3 is 12.0 Å². The van der Waals surface area contributed by atoms with Crippen molar-refractivity contribution in [3.05, 3.63) is 0 Å². The number of rotatable bonds is 7. The molecule has 0 aromatic heterocycles. The number of carbonyl (C=O) groups is 2. The van der Waals surface area contributed by atoms with Crippen molar-refractivity contribution in [1.82, 2.24) is 10.2 Å². The summed E-state index contributed by atoms with van der Waals surface area (Å²) < 4.78 is 0. The minimum Gasteiger partial charge on any atom is -0.480 e. The standard InChI is InChI=1S/C12H22N2O3/c1-3-5-9(4-2)13-12(17)14(8-11(15)16)10-6-7-10/h9-10H,3-8H2,1-2H3,(H,13,17)(H,15,16). The van der Waals surface area contributed by atoms with E-state index < -0.39 is 5.97 Å². The van der Waals surface area contributed by atoms with Crippen molar-refractivity contribution in [1.29, 1.82) is 0 Å². The summed E-state index contributed by atoms with van der Waals surface area (Å²) in [6.07, 6.45) is 4.68. The molecule has 1 rings (SSSR count). The average Bonchev–Trinajstić information content (AvgIpc) is 3.08. The summed E-state index contributed by atoms with van der Waals surface area (Å²) in [5.41, 5.74) is 0. The van der Waals surface area contributed by atoms with E-state index in [4.69, 9.17) is 5.11 Å². The van der Waals surface area contributed by atoms with Crippen molar-refractivity contribution in [3.63, 3.8) is 0 Å². The number of carbonyl (C=O) groups excluding carboxylic acids is 1. The largest absolute Gasteiger partial charge is 0.480 e. The van der Waals surface area contributed by atoms with Crippen LogP contribution in [0.25, 0.3) is 0 Å². The van der Waals surface area contributed by atoms with Gasteiger partial charge in [-0.05, 0) is 25.7 Å². The van der Waals surface area contributed by atoms with Crippen LogP contribution in [0.2, 0.25) is 0 Å². The molecule has 1 aliphatic carbocycles. The van der Waals surface area contributed by atoms with E-state index in [1.54, 1.807) is 0 Å². The van der Waals surface area contributed by atoms with Crippen molar-refractivity contribution >= 4 is 12.0 Å². The molecule has 0 aromatic carbocycles. The second kappa shape index (κ2) is 6.47. The number of carboxylic acids is 1. The lowest BCUT2D eigenvalue weighted by Crippen LogP contribution is -2.47. The Balaban J connectivity index is 2.49. The van der Waals surface area contributed by atoms with E-state index in [0.29, 0.717) is 0 Å². The van der Waals surface area contributed by atoms with Gasteiger partial charge in [0.15, 0.2) is 0 Å². The maximum Gasteiger partial charge on any atom is 0.323 e. The molecule has 2 amide bonds. The van der Waals surface area contributed by atoms with E-state index in [2.05, 4.69) is 12.2 Å². The molecule has 1 fully saturated rings. The number of hydrogen-bond acceptors (Lipinski definition) is 2. The zero-order valence-electron chi connectivity index (χ0n) is 10.6. The van der Waals surface area contributed by atoms with Gasteiger partial charge in [0.05, 0.1) is 0 Å². The first-order chi connectivity index (χ1) is 8.08. The summed E-state index contributed by atoms with van der Waals surface area (Å²) in [5, 5.41) is 11.7. The monoisotopic (exact) mass is 242 g/mol. The van der Waals surface area contributed by atoms with Crippen LogP contribution >= 0.6 is 0 Å². The Hall–Kier alpha value is -1.26. The molecule has 0 spiro atoms. The lowest BCUT2D eigenvalue weighted by Gasteiger charge is -2.24. The first-order valence-corrected chi connectivity index (χ1v) is 6.37. The van der Waals surface area contributed by atoms with E-state index in [1.807, 2.05) is 6.92 Å². The van der Waals surface area contributed by atoms with Gasteiger partial charge in [0.25, 0.3) is 0 Å². The Morgan fingerprint density at radius 3 is 2.47 bits per heavy atom. The van der Waals surface area contributed by atoms with Crippen molar-refractivity contribution in [3.8, 4) is 0 Å². The molecule has 5 nitrogen and oxygen atoms in total. The Labute approximate surface area is 102 Å². The van der Waals surface area contributed by atoms with Crippen LogP contribution in [0.4, 0.5) is 4.79 Å². The van der Waals surface area contributed by atoms with E-state index in [0.717, 1.165) is 32.1 Å². The minimum atomic E-state index is -0.949. The smallest absolute Gasteiger partial charge is 0.323 e. The predicted molar refractivity (Wildman–Crippen MR) is 64.9 cm³/mol. The fourth-order valence-electron chi connectivity index (χ4n) is 1.88. The van der Waals surface area contributed by atoms with Crippen LogP contribution in [0.3, 0.4) is 0 Å². The van der Waals surface area contributed by atoms with Gasteiger partial charge in [-0.25, -0.2) is 4.79 Å². The number of urea groups is 1. The maximum absolute atomic E-state index is 12.0. The summed E-state index contributed by atoms with van der Waals surface area (Å²) in [6, 6.07) is 0.0583. The number of hydrogen-bond donors (Lipinski definition) is 2. The van der Waals surface area contributed by atoms with Gasteiger partial charge in [0.2, 0.25) is 0 Å². The number of nitrogens with zero attached hydrogens (tertiary/aromatic N) is 1. The molecule has 98 valence electrons. The number of carboxylic acid groups (broad SMARTS) is 1.